The number of halogens is 3. The van der Waals surface area contributed by atoms with Crippen molar-refractivity contribution in [3.63, 3.8) is 0 Å². The van der Waals surface area contributed by atoms with E-state index in [1.165, 1.54) is 6.92 Å². The van der Waals surface area contributed by atoms with Gasteiger partial charge in [-0.2, -0.15) is 13.2 Å². The van der Waals surface area contributed by atoms with Gasteiger partial charge < -0.3 is 15.8 Å². The Morgan fingerprint density at radius 2 is 2.14 bits per heavy atom. The highest BCUT2D eigenvalue weighted by Crippen LogP contribution is 2.21. The molecular formula is C14H19F3N2O2. The Hall–Kier alpha value is -1.60. The topological polar surface area (TPSA) is 64.3 Å². The van der Waals surface area contributed by atoms with Crippen LogP contribution in [-0.2, 0) is 16.1 Å². The van der Waals surface area contributed by atoms with Crippen LogP contribution in [0.3, 0.4) is 0 Å². The average Bonchev–Trinajstić information content (AvgIpc) is 2.42. The molecule has 0 aliphatic rings. The Kier molecular flexibility index (Phi) is 6.64. The minimum atomic E-state index is -4.20. The van der Waals surface area contributed by atoms with Gasteiger partial charge in [-0.25, -0.2) is 0 Å². The Morgan fingerprint density at radius 1 is 1.43 bits per heavy atom. The highest BCUT2D eigenvalue weighted by Gasteiger charge is 2.26. The van der Waals surface area contributed by atoms with E-state index < -0.39 is 24.6 Å². The number of rotatable bonds is 7. The molecule has 0 aliphatic carbocycles. The van der Waals surface area contributed by atoms with Crippen LogP contribution in [0.1, 0.15) is 25.3 Å². The summed E-state index contributed by atoms with van der Waals surface area (Å²) in [6, 6.07) is 7.01. The smallest absolute Gasteiger partial charge is 0.369 e. The predicted octanol–water partition coefficient (Wildman–Crippen LogP) is 2.83. The van der Waals surface area contributed by atoms with Crippen molar-refractivity contribution in [1.29, 1.82) is 0 Å². The SMILES string of the molecule is CC(OCCCC(F)(F)F)C(=O)Nc1cccc(CN)c1. The Bertz CT molecular complexity index is 464. The zero-order valence-electron chi connectivity index (χ0n) is 11.7. The lowest BCUT2D eigenvalue weighted by atomic mass is 10.2. The number of hydrogen-bond acceptors (Lipinski definition) is 3. The number of nitrogens with two attached hydrogens (primary N) is 1. The third kappa shape index (κ3) is 7.10. The first-order valence-electron chi connectivity index (χ1n) is 6.60. The molecule has 1 aromatic rings. The summed E-state index contributed by atoms with van der Waals surface area (Å²) < 4.78 is 40.9. The maximum Gasteiger partial charge on any atom is 0.389 e. The fourth-order valence-electron chi connectivity index (χ4n) is 1.63. The van der Waals surface area contributed by atoms with E-state index in [9.17, 15) is 18.0 Å². The van der Waals surface area contributed by atoms with E-state index in [0.717, 1.165) is 5.56 Å². The fourth-order valence-corrected chi connectivity index (χ4v) is 1.63. The lowest BCUT2D eigenvalue weighted by Crippen LogP contribution is -2.28. The molecule has 0 aromatic heterocycles. The van der Waals surface area contributed by atoms with Crippen LogP contribution in [0.15, 0.2) is 24.3 Å². The molecule has 0 radical (unpaired) electrons. The maximum absolute atomic E-state index is 12.0. The van der Waals surface area contributed by atoms with E-state index in [4.69, 9.17) is 10.5 Å². The van der Waals surface area contributed by atoms with Crippen LogP contribution in [0, 0.1) is 0 Å². The number of nitrogens with one attached hydrogen (secondary N) is 1. The van der Waals surface area contributed by atoms with Crippen LogP contribution in [-0.4, -0.2) is 24.8 Å². The summed E-state index contributed by atoms with van der Waals surface area (Å²) in [4.78, 5) is 11.8. The van der Waals surface area contributed by atoms with Gasteiger partial charge in [0.1, 0.15) is 6.10 Å². The molecule has 0 aliphatic heterocycles. The van der Waals surface area contributed by atoms with Crippen LogP contribution < -0.4 is 11.1 Å². The first-order valence-corrected chi connectivity index (χ1v) is 6.60. The number of ether oxygens (including phenoxy) is 1. The fraction of sp³-hybridized carbons (Fsp3) is 0.500. The first kappa shape index (κ1) is 17.5. The van der Waals surface area contributed by atoms with Crippen molar-refractivity contribution < 1.29 is 22.7 Å². The standard InChI is InChI=1S/C14H19F3N2O2/c1-10(21-7-3-6-14(15,16)17)13(20)19-12-5-2-4-11(8-12)9-18/h2,4-5,8,10H,3,6-7,9,18H2,1H3,(H,19,20). The number of carbonyl (C=O) groups excluding carboxylic acids is 1. The van der Waals surface area contributed by atoms with Gasteiger partial charge in [-0.1, -0.05) is 12.1 Å². The van der Waals surface area contributed by atoms with E-state index in [0.29, 0.717) is 12.2 Å². The Morgan fingerprint density at radius 3 is 2.76 bits per heavy atom. The largest absolute Gasteiger partial charge is 0.389 e. The molecule has 7 heteroatoms. The molecule has 1 amide bonds. The van der Waals surface area contributed by atoms with Gasteiger partial charge in [0.05, 0.1) is 0 Å². The molecule has 1 aromatic carbocycles. The molecule has 0 spiro atoms. The van der Waals surface area contributed by atoms with Crippen LogP contribution in [0.4, 0.5) is 18.9 Å². The van der Waals surface area contributed by atoms with Crippen LogP contribution >= 0.6 is 0 Å². The van der Waals surface area contributed by atoms with E-state index in [1.807, 2.05) is 6.07 Å². The number of amides is 1. The van der Waals surface area contributed by atoms with Gasteiger partial charge >= 0.3 is 6.18 Å². The van der Waals surface area contributed by atoms with Gasteiger partial charge in [0.2, 0.25) is 0 Å². The van der Waals surface area contributed by atoms with Crippen molar-refractivity contribution >= 4 is 11.6 Å². The second-order valence-electron chi connectivity index (χ2n) is 4.63. The zero-order valence-corrected chi connectivity index (χ0v) is 11.7. The third-order valence-electron chi connectivity index (χ3n) is 2.77. The summed E-state index contributed by atoms with van der Waals surface area (Å²) >= 11 is 0. The average molecular weight is 304 g/mol. The molecule has 21 heavy (non-hydrogen) atoms. The van der Waals surface area contributed by atoms with Crippen molar-refractivity contribution in [2.45, 2.75) is 38.6 Å². The van der Waals surface area contributed by atoms with Crippen LogP contribution in [0.5, 0.6) is 0 Å². The van der Waals surface area contributed by atoms with Crippen molar-refractivity contribution in [3.8, 4) is 0 Å². The molecule has 0 fully saturated rings. The van der Waals surface area contributed by atoms with Crippen molar-refractivity contribution in [2.24, 2.45) is 5.73 Å². The molecule has 1 atom stereocenters. The van der Waals surface area contributed by atoms with E-state index in [-0.39, 0.29) is 13.0 Å². The normalized spacial score (nSPS) is 13.0. The van der Waals surface area contributed by atoms with E-state index in [2.05, 4.69) is 5.32 Å². The first-order chi connectivity index (χ1) is 9.81. The highest BCUT2D eigenvalue weighted by molar-refractivity contribution is 5.93. The molecule has 1 unspecified atom stereocenters. The van der Waals surface area contributed by atoms with Crippen LogP contribution in [0.2, 0.25) is 0 Å². The lowest BCUT2D eigenvalue weighted by molar-refractivity contribution is -0.140. The molecule has 0 saturated heterocycles. The summed E-state index contributed by atoms with van der Waals surface area (Å²) in [6.45, 7) is 1.74. The summed E-state index contributed by atoms with van der Waals surface area (Å²) in [6.07, 6.45) is -6.10. The summed E-state index contributed by atoms with van der Waals surface area (Å²) in [5, 5.41) is 2.63. The molecule has 4 nitrogen and oxygen atoms in total. The second kappa shape index (κ2) is 7.99. The van der Waals surface area contributed by atoms with Crippen molar-refractivity contribution in [1.82, 2.24) is 0 Å². The number of benzene rings is 1. The highest BCUT2D eigenvalue weighted by atomic mass is 19.4. The Balaban J connectivity index is 2.37. The van der Waals surface area contributed by atoms with Gasteiger partial charge in [0.25, 0.3) is 5.91 Å². The summed E-state index contributed by atoms with van der Waals surface area (Å²) in [5.74, 6) is -0.406. The predicted molar refractivity (Wildman–Crippen MR) is 73.7 cm³/mol. The third-order valence-corrected chi connectivity index (χ3v) is 2.77. The van der Waals surface area contributed by atoms with Gasteiger partial charge in [0.15, 0.2) is 0 Å². The van der Waals surface area contributed by atoms with Gasteiger partial charge in [0, 0.05) is 25.3 Å². The van der Waals surface area contributed by atoms with Gasteiger partial charge in [-0.15, -0.1) is 0 Å². The van der Waals surface area contributed by atoms with Crippen molar-refractivity contribution in [3.05, 3.63) is 29.8 Å². The number of anilines is 1. The van der Waals surface area contributed by atoms with Gasteiger partial charge in [-0.05, 0) is 31.0 Å². The molecule has 0 heterocycles. The van der Waals surface area contributed by atoms with E-state index in [1.54, 1.807) is 18.2 Å². The quantitative estimate of drug-likeness (QED) is 0.761. The number of hydrogen-bond donors (Lipinski definition) is 2. The maximum atomic E-state index is 12.0. The summed E-state index contributed by atoms with van der Waals surface area (Å²) in [5.41, 5.74) is 6.94. The van der Waals surface area contributed by atoms with Crippen LogP contribution in [0.25, 0.3) is 0 Å². The minimum absolute atomic E-state index is 0.114. The number of alkyl halides is 3. The van der Waals surface area contributed by atoms with Crippen molar-refractivity contribution in [2.75, 3.05) is 11.9 Å². The molecule has 1 rings (SSSR count). The van der Waals surface area contributed by atoms with E-state index >= 15 is 0 Å². The monoisotopic (exact) mass is 304 g/mol. The summed E-state index contributed by atoms with van der Waals surface area (Å²) in [7, 11) is 0. The number of carbonyl (C=O) groups is 1. The lowest BCUT2D eigenvalue weighted by Gasteiger charge is -2.14. The minimum Gasteiger partial charge on any atom is -0.369 e. The Labute approximate surface area is 121 Å². The molecule has 3 N–H and O–H groups in total. The molecule has 0 saturated carbocycles. The zero-order chi connectivity index (χ0) is 15.9. The molecular weight excluding hydrogens is 285 g/mol. The molecule has 0 bridgehead atoms. The second-order valence-corrected chi connectivity index (χ2v) is 4.63. The molecule has 118 valence electrons. The van der Waals surface area contributed by atoms with Gasteiger partial charge in [-0.3, -0.25) is 4.79 Å².